The van der Waals surface area contributed by atoms with E-state index in [0.29, 0.717) is 9.90 Å². The normalized spacial score (nSPS) is 20.1. The number of halogens is 1. The lowest BCUT2D eigenvalue weighted by atomic mass is 9.55. The number of Topliss-reactive ketones (excluding diaryl/α,β-unsaturated/α-hetero) is 1. The Bertz CT molecular complexity index is 2010. The molecule has 2 heterocycles. The van der Waals surface area contributed by atoms with Gasteiger partial charge >= 0.3 is 5.97 Å². The fraction of sp³-hybridized carbons (Fsp3) is 0.132. The molecule has 8 nitrogen and oxygen atoms in total. The number of esters is 1. The van der Waals surface area contributed by atoms with Gasteiger partial charge in [0.2, 0.25) is 0 Å². The largest absolute Gasteiger partial charge is 0.422 e. The lowest BCUT2D eigenvalue weighted by Gasteiger charge is -2.45. The van der Waals surface area contributed by atoms with E-state index in [9.17, 15) is 24.0 Å². The number of hydrogen-bond acceptors (Lipinski definition) is 7. The minimum Gasteiger partial charge on any atom is -0.422 e. The number of hydrogen-bond donors (Lipinski definition) is 0. The highest BCUT2D eigenvalue weighted by atomic mass is 35.5. The molecule has 4 aliphatic rings. The molecule has 1 aliphatic heterocycles. The van der Waals surface area contributed by atoms with Crippen LogP contribution >= 0.6 is 22.9 Å². The van der Waals surface area contributed by atoms with E-state index in [1.807, 2.05) is 48.5 Å². The van der Waals surface area contributed by atoms with Gasteiger partial charge in [0, 0.05) is 28.0 Å². The average Bonchev–Trinajstić information content (AvgIpc) is 3.75. The second-order valence-corrected chi connectivity index (χ2v) is 13.3. The zero-order valence-electron chi connectivity index (χ0n) is 25.1. The first-order valence-electron chi connectivity index (χ1n) is 15.3. The van der Waals surface area contributed by atoms with Crippen LogP contribution < -0.4 is 4.74 Å². The van der Waals surface area contributed by atoms with Crippen molar-refractivity contribution in [3.8, 4) is 5.75 Å². The molecule has 3 amide bonds. The summed E-state index contributed by atoms with van der Waals surface area (Å²) in [5, 5.41) is 4.04. The molecule has 0 N–H and O–H groups in total. The van der Waals surface area contributed by atoms with Crippen molar-refractivity contribution < 1.29 is 28.7 Å². The number of carbonyl (C=O) groups is 5. The molecule has 0 radical (unpaired) electrons. The van der Waals surface area contributed by atoms with Crippen LogP contribution in [0.25, 0.3) is 0 Å². The predicted molar refractivity (Wildman–Crippen MR) is 178 cm³/mol. The number of imide groups is 1. The summed E-state index contributed by atoms with van der Waals surface area (Å²) in [5.41, 5.74) is 4.35. The molecule has 236 valence electrons. The highest BCUT2D eigenvalue weighted by Crippen LogP contribution is 2.61. The van der Waals surface area contributed by atoms with Gasteiger partial charge in [-0.15, -0.1) is 11.3 Å². The smallest absolute Gasteiger partial charge is 0.353 e. The second-order valence-electron chi connectivity index (χ2n) is 11.9. The van der Waals surface area contributed by atoms with Crippen molar-refractivity contribution in [2.24, 2.45) is 11.8 Å². The van der Waals surface area contributed by atoms with E-state index in [1.165, 1.54) is 59.9 Å². The van der Waals surface area contributed by atoms with E-state index < -0.39 is 47.9 Å². The Kier molecular flexibility index (Phi) is 7.31. The van der Waals surface area contributed by atoms with Gasteiger partial charge in [-0.25, -0.2) is 9.80 Å². The maximum atomic E-state index is 14.5. The third-order valence-corrected chi connectivity index (χ3v) is 10.5. The van der Waals surface area contributed by atoms with E-state index in [0.717, 1.165) is 32.3 Å². The van der Waals surface area contributed by atoms with Gasteiger partial charge in [-0.1, -0.05) is 66.2 Å². The number of hydrazine groups is 1. The zero-order chi connectivity index (χ0) is 33.1. The molecule has 1 saturated heterocycles. The molecule has 2 bridgehead atoms. The molecular weight excluding hydrogens is 648 g/mol. The Morgan fingerprint density at radius 1 is 0.688 bits per heavy atom. The molecule has 2 atom stereocenters. The summed E-state index contributed by atoms with van der Waals surface area (Å²) in [7, 11) is 0. The summed E-state index contributed by atoms with van der Waals surface area (Å²) in [6.07, 6.45) is 0. The van der Waals surface area contributed by atoms with E-state index in [1.54, 1.807) is 17.5 Å². The molecule has 1 aromatic heterocycles. The summed E-state index contributed by atoms with van der Waals surface area (Å²) >= 11 is 7.34. The van der Waals surface area contributed by atoms with Crippen LogP contribution in [0.5, 0.6) is 5.75 Å². The van der Waals surface area contributed by atoms with Crippen LogP contribution in [0.15, 0.2) is 115 Å². The van der Waals surface area contributed by atoms with Gasteiger partial charge in [-0.05, 0) is 82.2 Å². The van der Waals surface area contributed by atoms with Gasteiger partial charge in [-0.2, -0.15) is 5.01 Å². The molecule has 9 rings (SSSR count). The summed E-state index contributed by atoms with van der Waals surface area (Å²) in [4.78, 5) is 69.7. The summed E-state index contributed by atoms with van der Waals surface area (Å²) < 4.78 is 5.41. The van der Waals surface area contributed by atoms with Gasteiger partial charge in [0.1, 0.15) is 17.2 Å². The first-order valence-corrected chi connectivity index (χ1v) is 16.6. The number of ether oxygens (including phenoxy) is 1. The summed E-state index contributed by atoms with van der Waals surface area (Å²) in [6, 6.07) is 31.1. The Hall–Kier alpha value is -5.38. The summed E-state index contributed by atoms with van der Waals surface area (Å²) in [5.74, 6) is -4.74. The van der Waals surface area contributed by atoms with Crippen LogP contribution in [-0.4, -0.2) is 46.0 Å². The second kappa shape index (κ2) is 11.7. The van der Waals surface area contributed by atoms with Crippen molar-refractivity contribution in [2.45, 2.75) is 11.8 Å². The number of carbonyl (C=O) groups excluding carboxylic acids is 5. The molecule has 0 spiro atoms. The first kappa shape index (κ1) is 30.0. The molecular formula is C38H25ClN2O6S. The van der Waals surface area contributed by atoms with Crippen LogP contribution in [0, 0.1) is 11.8 Å². The third-order valence-electron chi connectivity index (χ3n) is 9.39. The van der Waals surface area contributed by atoms with Crippen molar-refractivity contribution in [3.05, 3.63) is 158 Å². The molecule has 0 saturated carbocycles. The minimum atomic E-state index is -0.736. The maximum absolute atomic E-state index is 14.5. The first-order chi connectivity index (χ1) is 23.3. The Balaban J connectivity index is 1.13. The minimum absolute atomic E-state index is 0.160. The lowest BCUT2D eigenvalue weighted by Crippen LogP contribution is -2.52. The number of nitrogens with zero attached hydrogens (tertiary/aromatic N) is 2. The Morgan fingerprint density at radius 3 is 1.71 bits per heavy atom. The van der Waals surface area contributed by atoms with E-state index in [2.05, 4.69) is 0 Å². The van der Waals surface area contributed by atoms with Crippen LogP contribution in [-0.2, 0) is 9.59 Å². The number of thiophene rings is 1. The van der Waals surface area contributed by atoms with Crippen LogP contribution in [0.3, 0.4) is 0 Å². The van der Waals surface area contributed by atoms with E-state index in [-0.39, 0.29) is 28.7 Å². The maximum Gasteiger partial charge on any atom is 0.353 e. The highest BCUT2D eigenvalue weighted by Gasteiger charge is 2.63. The SMILES string of the molecule is O=C(CN(C(=O)c1ccc(Cl)cc1)N1C(=O)[C@@H]2C3c4ccccc4C(c4ccccc43)[C@H]2C1=O)c1ccc(OC(=O)c2cccs2)cc1. The predicted octanol–water partition coefficient (Wildman–Crippen LogP) is 6.75. The van der Waals surface area contributed by atoms with Gasteiger partial charge in [-0.3, -0.25) is 19.2 Å². The van der Waals surface area contributed by atoms with Crippen molar-refractivity contribution in [1.82, 2.24) is 10.0 Å². The molecule has 3 aliphatic carbocycles. The molecule has 1 fully saturated rings. The molecule has 5 aromatic rings. The monoisotopic (exact) mass is 672 g/mol. The van der Waals surface area contributed by atoms with Gasteiger partial charge in [0.15, 0.2) is 5.78 Å². The van der Waals surface area contributed by atoms with E-state index >= 15 is 0 Å². The van der Waals surface area contributed by atoms with Gasteiger partial charge in [0.25, 0.3) is 17.7 Å². The third kappa shape index (κ3) is 4.77. The topological polar surface area (TPSA) is 101 Å². The Labute approximate surface area is 284 Å². The zero-order valence-corrected chi connectivity index (χ0v) is 26.7. The fourth-order valence-electron chi connectivity index (χ4n) is 7.36. The highest BCUT2D eigenvalue weighted by molar-refractivity contribution is 7.12. The number of ketones is 1. The number of amides is 3. The number of benzene rings is 4. The fourth-order valence-corrected chi connectivity index (χ4v) is 8.09. The van der Waals surface area contributed by atoms with Gasteiger partial charge < -0.3 is 4.74 Å². The van der Waals surface area contributed by atoms with Crippen molar-refractivity contribution in [1.29, 1.82) is 0 Å². The number of rotatable bonds is 7. The Morgan fingerprint density at radius 2 is 1.21 bits per heavy atom. The lowest BCUT2D eigenvalue weighted by molar-refractivity contribution is -0.154. The van der Waals surface area contributed by atoms with E-state index in [4.69, 9.17) is 16.3 Å². The van der Waals surface area contributed by atoms with Crippen molar-refractivity contribution >= 4 is 52.4 Å². The van der Waals surface area contributed by atoms with Crippen molar-refractivity contribution in [2.75, 3.05) is 6.54 Å². The van der Waals surface area contributed by atoms with Crippen molar-refractivity contribution in [3.63, 3.8) is 0 Å². The standard InChI is InChI=1S/C38H25ClN2O6S/c39-23-15-11-22(12-16-23)35(43)40(20-29(42)21-13-17-24(18-14-21)47-38(46)30-10-5-19-48-30)41-36(44)33-31-25-6-1-2-7-26(25)32(34(33)37(41)45)28-9-4-3-8-27(28)31/h1-19,31-34H,20H2/t31?,32?,33-,34-/m1/s1. The summed E-state index contributed by atoms with van der Waals surface area (Å²) in [6.45, 7) is -0.581. The molecule has 0 unspecified atom stereocenters. The van der Waals surface area contributed by atoms with Crippen LogP contribution in [0.1, 0.15) is 64.5 Å². The van der Waals surface area contributed by atoms with Gasteiger partial charge in [0.05, 0.1) is 11.8 Å². The van der Waals surface area contributed by atoms with Crippen LogP contribution in [0.4, 0.5) is 0 Å². The molecule has 48 heavy (non-hydrogen) atoms. The quantitative estimate of drug-likeness (QED) is 0.0821. The molecule has 4 aromatic carbocycles. The van der Waals surface area contributed by atoms with Crippen LogP contribution in [0.2, 0.25) is 5.02 Å². The molecule has 10 heteroatoms. The average molecular weight is 673 g/mol.